The number of hydrogen-bond acceptors (Lipinski definition) is 4. The van der Waals surface area contributed by atoms with E-state index in [2.05, 4.69) is 50.0 Å². The van der Waals surface area contributed by atoms with Crippen LogP contribution in [0.5, 0.6) is 0 Å². The van der Waals surface area contributed by atoms with Crippen LogP contribution >= 0.6 is 45.5 Å². The molecule has 9 heteroatoms. The molecule has 1 aromatic heterocycles. The fourth-order valence-corrected chi connectivity index (χ4v) is 7.58. The van der Waals surface area contributed by atoms with Gasteiger partial charge in [0.25, 0.3) is 5.91 Å². The van der Waals surface area contributed by atoms with Gasteiger partial charge in [0.2, 0.25) is 5.91 Å². The first-order valence-electron chi connectivity index (χ1n) is 10.1. The Balaban J connectivity index is 1.44. The number of fused-ring (bicyclic) bond motifs is 1. The second-order valence-corrected chi connectivity index (χ2v) is 11.6. The minimum atomic E-state index is -0.920. The summed E-state index contributed by atoms with van der Waals surface area (Å²) in [6.45, 7) is 0. The summed E-state index contributed by atoms with van der Waals surface area (Å²) in [6.07, 6.45) is 5.06. The van der Waals surface area contributed by atoms with Crippen LogP contribution in [-0.2, 0) is 13.1 Å². The zero-order valence-electron chi connectivity index (χ0n) is 16.1. The van der Waals surface area contributed by atoms with Gasteiger partial charge in [-0.05, 0) is 88.7 Å². The van der Waals surface area contributed by atoms with E-state index in [0.717, 1.165) is 41.3 Å². The Hall–Kier alpha value is -1.39. The molecule has 2 aromatic rings. The van der Waals surface area contributed by atoms with E-state index in [-0.39, 0.29) is 17.7 Å². The van der Waals surface area contributed by atoms with Crippen molar-refractivity contribution in [2.24, 2.45) is 11.8 Å². The van der Waals surface area contributed by atoms with Gasteiger partial charge in [-0.1, -0.05) is 24.4 Å². The number of nitrogens with one attached hydrogen (secondary N) is 3. The molecule has 2 aliphatic carbocycles. The van der Waals surface area contributed by atoms with Gasteiger partial charge in [-0.3, -0.25) is 14.9 Å². The van der Waals surface area contributed by atoms with Crippen LogP contribution in [0, 0.1) is 11.8 Å². The number of rotatable bonds is 4. The Morgan fingerprint density at radius 1 is 1.27 bits per heavy atom. The number of halogens is 2. The van der Waals surface area contributed by atoms with E-state index in [4.69, 9.17) is 11.6 Å². The Labute approximate surface area is 196 Å². The number of hydrogen-bond donors (Lipinski definition) is 3. The highest BCUT2D eigenvalue weighted by molar-refractivity contribution is 14.1. The summed E-state index contributed by atoms with van der Waals surface area (Å²) in [6, 6.07) is 5.56. The lowest BCUT2D eigenvalue weighted by Gasteiger charge is -2.44. The molecule has 4 amide bonds. The quantitative estimate of drug-likeness (QED) is 0.225. The maximum Gasteiger partial charge on any atom is 0.322 e. The molecule has 1 atom stereocenters. The van der Waals surface area contributed by atoms with Gasteiger partial charge < -0.3 is 10.6 Å². The Bertz CT molecular complexity index is 1060. The molecular weight excluding hydrogens is 537 g/mol. The topological polar surface area (TPSA) is 87.3 Å². The van der Waals surface area contributed by atoms with Crippen molar-refractivity contribution in [3.8, 4) is 0 Å². The summed E-state index contributed by atoms with van der Waals surface area (Å²) in [7, 11) is 0. The number of benzene rings is 1. The molecule has 3 N–H and O–H groups in total. The zero-order valence-corrected chi connectivity index (χ0v) is 19.8. The van der Waals surface area contributed by atoms with Gasteiger partial charge in [0, 0.05) is 15.6 Å². The minimum Gasteiger partial charge on any atom is -0.337 e. The van der Waals surface area contributed by atoms with Crippen molar-refractivity contribution < 1.29 is 14.4 Å². The van der Waals surface area contributed by atoms with Crippen molar-refractivity contribution in [2.75, 3.05) is 0 Å². The average molecular weight is 558 g/mol. The predicted octanol–water partition coefficient (Wildman–Crippen LogP) is 4.44. The van der Waals surface area contributed by atoms with Crippen LogP contribution in [0.3, 0.4) is 0 Å². The van der Waals surface area contributed by atoms with Crippen LogP contribution < -0.4 is 16.0 Å². The molecule has 158 valence electrons. The largest absolute Gasteiger partial charge is 0.337 e. The van der Waals surface area contributed by atoms with Crippen molar-refractivity contribution in [2.45, 2.75) is 47.6 Å². The fraction of sp³-hybridized carbons (Fsp3) is 0.476. The summed E-state index contributed by atoms with van der Waals surface area (Å²) in [5.41, 5.74) is 0.130. The molecule has 0 bridgehead atoms. The first-order valence-corrected chi connectivity index (χ1v) is 12.5. The highest BCUT2D eigenvalue weighted by Crippen LogP contribution is 2.49. The normalized spacial score (nSPS) is 28.3. The van der Waals surface area contributed by atoms with Crippen LogP contribution in [0.2, 0.25) is 5.02 Å². The van der Waals surface area contributed by atoms with Gasteiger partial charge >= 0.3 is 6.03 Å². The Kier molecular flexibility index (Phi) is 5.02. The number of imide groups is 1. The van der Waals surface area contributed by atoms with E-state index in [1.54, 1.807) is 11.3 Å². The first kappa shape index (κ1) is 20.5. The third-order valence-corrected chi connectivity index (χ3v) is 9.54. The number of thiophene rings is 1. The van der Waals surface area contributed by atoms with Crippen molar-refractivity contribution >= 4 is 73.5 Å². The lowest BCUT2D eigenvalue weighted by Crippen LogP contribution is -2.61. The van der Waals surface area contributed by atoms with E-state index < -0.39 is 15.1 Å². The van der Waals surface area contributed by atoms with E-state index in [1.807, 2.05) is 12.1 Å². The number of carbonyl (C=O) groups is 3. The number of carbonyl (C=O) groups excluding carboxylic acids is 3. The molecule has 0 radical (unpaired) electrons. The van der Waals surface area contributed by atoms with Crippen LogP contribution in [0.15, 0.2) is 23.6 Å². The molecule has 3 fully saturated rings. The van der Waals surface area contributed by atoms with Gasteiger partial charge in [-0.25, -0.2) is 4.79 Å². The smallest absolute Gasteiger partial charge is 0.322 e. The third kappa shape index (κ3) is 3.22. The Morgan fingerprint density at radius 3 is 2.67 bits per heavy atom. The fourth-order valence-electron chi connectivity index (χ4n) is 5.12. The van der Waals surface area contributed by atoms with Gasteiger partial charge in [0.1, 0.15) is 9.08 Å². The maximum atomic E-state index is 13.3. The molecular formula is C21H21ClIN3O3S. The van der Waals surface area contributed by atoms with Crippen LogP contribution in [0.4, 0.5) is 4.79 Å². The minimum absolute atomic E-state index is 0.0702. The number of amides is 4. The standard InChI is InChI=1S/C21H21ClIN3O3S/c22-13-7-15(14-5-6-30-16(14)8-13)21(23,12-3-1-2-4-12)25-17(27)11-9-20(10-11)18(28)24-19(29)26-20/h5-8,11-12H,1-4,9-10H2,(H,25,27)(H2,24,26,28,29)/t11?,20?,21-/m0/s1. The zero-order chi connectivity index (χ0) is 21.1. The van der Waals surface area contributed by atoms with Crippen LogP contribution in [0.1, 0.15) is 44.1 Å². The third-order valence-electron chi connectivity index (χ3n) is 6.73. The second kappa shape index (κ2) is 7.34. The molecule has 3 aliphatic rings. The SMILES string of the molecule is O=C1NC(=O)C2(CC(C(=O)N[C@](I)(c3cc(Cl)cc4sccc34)C3CCCC3)C2)N1. The molecule has 30 heavy (non-hydrogen) atoms. The second-order valence-electron chi connectivity index (χ2n) is 8.56. The molecule has 6 nitrogen and oxygen atoms in total. The molecule has 5 rings (SSSR count). The van der Waals surface area contributed by atoms with Crippen molar-refractivity contribution in [1.82, 2.24) is 16.0 Å². The predicted molar refractivity (Wildman–Crippen MR) is 125 cm³/mol. The molecule has 1 aliphatic heterocycles. The van der Waals surface area contributed by atoms with E-state index in [0.29, 0.717) is 23.8 Å². The number of alkyl halides is 1. The van der Waals surface area contributed by atoms with Crippen LogP contribution in [-0.4, -0.2) is 23.4 Å². The van der Waals surface area contributed by atoms with E-state index >= 15 is 0 Å². The average Bonchev–Trinajstić information content (AvgIpc) is 3.38. The Morgan fingerprint density at radius 2 is 2.00 bits per heavy atom. The summed E-state index contributed by atoms with van der Waals surface area (Å²) in [5.74, 6) is -0.392. The van der Waals surface area contributed by atoms with Gasteiger partial charge in [-0.2, -0.15) is 0 Å². The van der Waals surface area contributed by atoms with Gasteiger partial charge in [0.05, 0.1) is 0 Å². The highest BCUT2D eigenvalue weighted by atomic mass is 127. The van der Waals surface area contributed by atoms with E-state index in [1.165, 1.54) is 0 Å². The van der Waals surface area contributed by atoms with Crippen molar-refractivity contribution in [1.29, 1.82) is 0 Å². The van der Waals surface area contributed by atoms with Crippen molar-refractivity contribution in [3.05, 3.63) is 34.2 Å². The van der Waals surface area contributed by atoms with E-state index in [9.17, 15) is 14.4 Å². The molecule has 0 unspecified atom stereocenters. The highest BCUT2D eigenvalue weighted by Gasteiger charge is 2.58. The molecule has 1 aromatic carbocycles. The number of urea groups is 1. The summed E-state index contributed by atoms with van der Waals surface area (Å²) < 4.78 is 0.540. The molecule has 1 spiro atoms. The lowest BCUT2D eigenvalue weighted by atomic mass is 9.67. The summed E-state index contributed by atoms with van der Waals surface area (Å²) in [4.78, 5) is 36.9. The van der Waals surface area contributed by atoms with Gasteiger partial charge in [-0.15, -0.1) is 11.3 Å². The molecule has 2 heterocycles. The van der Waals surface area contributed by atoms with Gasteiger partial charge in [0.15, 0.2) is 0 Å². The summed E-state index contributed by atoms with van der Waals surface area (Å²) >= 11 is 10.5. The molecule has 1 saturated heterocycles. The summed E-state index contributed by atoms with van der Waals surface area (Å²) in [5, 5.41) is 12.1. The maximum absolute atomic E-state index is 13.3. The monoisotopic (exact) mass is 557 g/mol. The molecule has 2 saturated carbocycles. The van der Waals surface area contributed by atoms with Crippen molar-refractivity contribution in [3.63, 3.8) is 0 Å². The lowest BCUT2D eigenvalue weighted by molar-refractivity contribution is -0.137. The first-order chi connectivity index (χ1) is 14.3. The van der Waals surface area contributed by atoms with Crippen LogP contribution in [0.25, 0.3) is 10.1 Å².